The van der Waals surface area contributed by atoms with Crippen LogP contribution >= 0.6 is 0 Å². The fourth-order valence-corrected chi connectivity index (χ4v) is 3.79. The number of rotatable bonds is 4. The Morgan fingerprint density at radius 1 is 0.966 bits per heavy atom. The van der Waals surface area contributed by atoms with E-state index in [0.717, 1.165) is 40.9 Å². The van der Waals surface area contributed by atoms with Gasteiger partial charge in [0.05, 0.1) is 17.6 Å². The summed E-state index contributed by atoms with van der Waals surface area (Å²) in [5.74, 6) is 0.508. The number of pyridine rings is 1. The van der Waals surface area contributed by atoms with E-state index >= 15 is 0 Å². The number of nitrogens with zero attached hydrogens (tertiary/aromatic N) is 4. The van der Waals surface area contributed by atoms with Gasteiger partial charge in [-0.1, -0.05) is 42.5 Å². The average molecular weight is 379 g/mol. The molecule has 0 radical (unpaired) electrons. The second-order valence-electron chi connectivity index (χ2n) is 7.42. The molecule has 5 heteroatoms. The van der Waals surface area contributed by atoms with Gasteiger partial charge in [0.25, 0.3) is 0 Å². The van der Waals surface area contributed by atoms with Crippen LogP contribution in [-0.2, 0) is 19.9 Å². The van der Waals surface area contributed by atoms with Crippen LogP contribution in [-0.4, -0.2) is 20.5 Å². The first kappa shape index (κ1) is 17.4. The van der Waals surface area contributed by atoms with Crippen LogP contribution in [0.25, 0.3) is 11.1 Å². The average Bonchev–Trinajstić information content (AvgIpc) is 3.35. The van der Waals surface area contributed by atoms with Crippen molar-refractivity contribution in [1.29, 1.82) is 0 Å². The minimum Gasteiger partial charge on any atom is -0.383 e. The smallest absolute Gasteiger partial charge is 0.132 e. The lowest BCUT2D eigenvalue weighted by atomic mass is 9.98. The molecule has 4 aromatic rings. The molecule has 0 saturated heterocycles. The van der Waals surface area contributed by atoms with Crippen molar-refractivity contribution in [2.45, 2.75) is 12.8 Å². The van der Waals surface area contributed by atoms with Gasteiger partial charge in [-0.15, -0.1) is 0 Å². The molecule has 2 aromatic heterocycles. The number of hydrogen-bond donors (Lipinski definition) is 1. The van der Waals surface area contributed by atoms with Gasteiger partial charge in [-0.3, -0.25) is 9.67 Å². The molecule has 142 valence electrons. The molecule has 5 rings (SSSR count). The van der Waals surface area contributed by atoms with Crippen molar-refractivity contribution in [2.75, 3.05) is 5.73 Å². The van der Waals surface area contributed by atoms with Crippen LogP contribution in [0.3, 0.4) is 0 Å². The topological polar surface area (TPSA) is 69.1 Å². The van der Waals surface area contributed by atoms with Crippen LogP contribution in [0, 0.1) is 0 Å². The maximum Gasteiger partial charge on any atom is 0.132 e. The van der Waals surface area contributed by atoms with Gasteiger partial charge in [0, 0.05) is 42.6 Å². The monoisotopic (exact) mass is 379 g/mol. The summed E-state index contributed by atoms with van der Waals surface area (Å²) in [5, 5.41) is 4.25. The molecule has 1 aliphatic heterocycles. The summed E-state index contributed by atoms with van der Waals surface area (Å²) in [7, 11) is 1.90. The van der Waals surface area contributed by atoms with E-state index in [1.54, 1.807) is 10.9 Å². The first-order valence-electron chi connectivity index (χ1n) is 9.64. The molecule has 0 spiro atoms. The van der Waals surface area contributed by atoms with Crippen molar-refractivity contribution >= 4 is 17.2 Å². The lowest BCUT2D eigenvalue weighted by Gasteiger charge is -2.07. The standard InChI is InChI=1S/C24H21N5/c1-29-15-20(14-27-29)19-11-21(24(25)26-13-19)23-12-18-10-17(7-8-22(18)28-23)9-16-5-3-2-4-6-16/h2-8,10-11,13-15H,9,12H2,1H3,(H2,25,26). The van der Waals surface area contributed by atoms with Crippen LogP contribution in [0.2, 0.25) is 0 Å². The van der Waals surface area contributed by atoms with E-state index in [0.29, 0.717) is 5.82 Å². The fourth-order valence-electron chi connectivity index (χ4n) is 3.79. The predicted octanol–water partition coefficient (Wildman–Crippen LogP) is 4.33. The van der Waals surface area contributed by atoms with Crippen molar-refractivity contribution in [3.63, 3.8) is 0 Å². The van der Waals surface area contributed by atoms with Gasteiger partial charge < -0.3 is 5.73 Å². The van der Waals surface area contributed by atoms with Crippen LogP contribution in [0.1, 0.15) is 22.3 Å². The second-order valence-corrected chi connectivity index (χ2v) is 7.42. The molecule has 2 N–H and O–H groups in total. The fraction of sp³-hybridized carbons (Fsp3) is 0.125. The number of aliphatic imine (C=N–C) groups is 1. The molecule has 0 saturated carbocycles. The summed E-state index contributed by atoms with van der Waals surface area (Å²) in [5.41, 5.74) is 14.9. The van der Waals surface area contributed by atoms with Crippen LogP contribution in [0.5, 0.6) is 0 Å². The number of aromatic nitrogens is 3. The Hall–Kier alpha value is -3.73. The van der Waals surface area contributed by atoms with E-state index in [1.165, 1.54) is 16.7 Å². The van der Waals surface area contributed by atoms with Crippen molar-refractivity contribution in [2.24, 2.45) is 12.0 Å². The number of aryl methyl sites for hydroxylation is 1. The second kappa shape index (κ2) is 7.02. The zero-order chi connectivity index (χ0) is 19.8. The number of benzene rings is 2. The summed E-state index contributed by atoms with van der Waals surface area (Å²) in [6.07, 6.45) is 7.27. The van der Waals surface area contributed by atoms with E-state index in [2.05, 4.69) is 58.6 Å². The highest BCUT2D eigenvalue weighted by Crippen LogP contribution is 2.32. The van der Waals surface area contributed by atoms with Crippen LogP contribution in [0.15, 0.2) is 78.2 Å². The Balaban J connectivity index is 1.43. The third kappa shape index (κ3) is 3.43. The van der Waals surface area contributed by atoms with Crippen molar-refractivity contribution in [3.05, 3.63) is 95.4 Å². The minimum atomic E-state index is 0.508. The normalized spacial score (nSPS) is 12.7. The molecular formula is C24H21N5. The van der Waals surface area contributed by atoms with E-state index < -0.39 is 0 Å². The molecule has 2 aromatic carbocycles. The highest BCUT2D eigenvalue weighted by atomic mass is 15.2. The number of nitrogens with two attached hydrogens (primary N) is 1. The van der Waals surface area contributed by atoms with Crippen molar-refractivity contribution < 1.29 is 0 Å². The molecule has 0 amide bonds. The van der Waals surface area contributed by atoms with Gasteiger partial charge in [-0.2, -0.15) is 5.10 Å². The molecule has 3 heterocycles. The summed E-state index contributed by atoms with van der Waals surface area (Å²) in [6.45, 7) is 0. The van der Waals surface area contributed by atoms with Gasteiger partial charge in [0.1, 0.15) is 5.82 Å². The third-order valence-corrected chi connectivity index (χ3v) is 5.28. The molecule has 1 aliphatic rings. The van der Waals surface area contributed by atoms with Crippen LogP contribution < -0.4 is 5.73 Å². The van der Waals surface area contributed by atoms with E-state index in [1.807, 2.05) is 25.5 Å². The first-order valence-corrected chi connectivity index (χ1v) is 9.64. The molecule has 0 unspecified atom stereocenters. The molecule has 0 aliphatic carbocycles. The first-order chi connectivity index (χ1) is 14.2. The van der Waals surface area contributed by atoms with Gasteiger partial charge in [0.2, 0.25) is 0 Å². The zero-order valence-corrected chi connectivity index (χ0v) is 16.2. The SMILES string of the molecule is Cn1cc(-c2cnc(N)c(C3=Nc4ccc(Cc5ccccc5)cc4C3)c2)cn1. The lowest BCUT2D eigenvalue weighted by molar-refractivity contribution is 0.768. The van der Waals surface area contributed by atoms with E-state index in [-0.39, 0.29) is 0 Å². The molecule has 0 atom stereocenters. The highest BCUT2D eigenvalue weighted by molar-refractivity contribution is 6.09. The Labute approximate surface area is 169 Å². The van der Waals surface area contributed by atoms with Gasteiger partial charge in [-0.25, -0.2) is 4.98 Å². The molecule has 0 bridgehead atoms. The largest absolute Gasteiger partial charge is 0.383 e. The Kier molecular flexibility index (Phi) is 4.21. The Morgan fingerprint density at radius 3 is 2.62 bits per heavy atom. The van der Waals surface area contributed by atoms with Gasteiger partial charge in [0.15, 0.2) is 0 Å². The number of hydrogen-bond acceptors (Lipinski definition) is 4. The Bertz CT molecular complexity index is 1220. The maximum atomic E-state index is 6.21. The number of nitrogen functional groups attached to an aromatic ring is 1. The number of fused-ring (bicyclic) bond motifs is 1. The van der Waals surface area contributed by atoms with E-state index in [9.17, 15) is 0 Å². The number of anilines is 1. The predicted molar refractivity (Wildman–Crippen MR) is 116 cm³/mol. The molecule has 5 nitrogen and oxygen atoms in total. The van der Waals surface area contributed by atoms with Gasteiger partial charge in [-0.05, 0) is 35.2 Å². The summed E-state index contributed by atoms with van der Waals surface area (Å²) >= 11 is 0. The lowest BCUT2D eigenvalue weighted by Crippen LogP contribution is -2.07. The summed E-state index contributed by atoms with van der Waals surface area (Å²) < 4.78 is 1.78. The summed E-state index contributed by atoms with van der Waals surface area (Å²) in [6, 6.07) is 19.1. The van der Waals surface area contributed by atoms with Gasteiger partial charge >= 0.3 is 0 Å². The molecule has 29 heavy (non-hydrogen) atoms. The Morgan fingerprint density at radius 2 is 1.83 bits per heavy atom. The van der Waals surface area contributed by atoms with Crippen molar-refractivity contribution in [3.8, 4) is 11.1 Å². The zero-order valence-electron chi connectivity index (χ0n) is 16.2. The van der Waals surface area contributed by atoms with Crippen LogP contribution in [0.4, 0.5) is 11.5 Å². The molecular weight excluding hydrogens is 358 g/mol. The van der Waals surface area contributed by atoms with E-state index in [4.69, 9.17) is 10.7 Å². The quantitative estimate of drug-likeness (QED) is 0.574. The highest BCUT2D eigenvalue weighted by Gasteiger charge is 2.20. The molecule has 0 fully saturated rings. The minimum absolute atomic E-state index is 0.508. The third-order valence-electron chi connectivity index (χ3n) is 5.28. The maximum absolute atomic E-state index is 6.21. The van der Waals surface area contributed by atoms with Crippen molar-refractivity contribution in [1.82, 2.24) is 14.8 Å². The summed E-state index contributed by atoms with van der Waals surface area (Å²) in [4.78, 5) is 9.25.